The van der Waals surface area contributed by atoms with E-state index in [2.05, 4.69) is 25.9 Å². The number of aromatic nitrogens is 1. The molecule has 5 heteroatoms. The van der Waals surface area contributed by atoms with Crippen molar-refractivity contribution in [2.75, 3.05) is 18.6 Å². The molecule has 18 heavy (non-hydrogen) atoms. The summed E-state index contributed by atoms with van der Waals surface area (Å²) in [4.78, 5) is 11.6. The summed E-state index contributed by atoms with van der Waals surface area (Å²) in [5.74, 6) is -0.512. The molecule has 0 atom stereocenters. The molecule has 0 fully saturated rings. The fourth-order valence-corrected chi connectivity index (χ4v) is 1.40. The molecule has 0 radical (unpaired) electrons. The van der Waals surface area contributed by atoms with Crippen LogP contribution >= 0.6 is 0 Å². The number of halogens is 1. The Morgan fingerprint density at radius 2 is 2.39 bits per heavy atom. The third-order valence-corrected chi connectivity index (χ3v) is 2.33. The largest absolute Gasteiger partial charge is 0.457 e. The highest BCUT2D eigenvalue weighted by Gasteiger charge is 2.14. The lowest BCUT2D eigenvalue weighted by molar-refractivity contribution is 0.0539. The van der Waals surface area contributed by atoms with E-state index >= 15 is 0 Å². The minimum atomic E-state index is -0.573. The van der Waals surface area contributed by atoms with Crippen molar-refractivity contribution in [3.8, 4) is 0 Å². The first kappa shape index (κ1) is 14.3. The van der Waals surface area contributed by atoms with Gasteiger partial charge >= 0.3 is 5.97 Å². The Morgan fingerprint density at radius 3 is 3.00 bits per heavy atom. The highest BCUT2D eigenvalue weighted by molar-refractivity contribution is 5.88. The number of esters is 1. The maximum Gasteiger partial charge on any atom is 0.357 e. The van der Waals surface area contributed by atoms with E-state index in [0.717, 1.165) is 12.5 Å². The standard InChI is InChI=1S/C13H19FN2O2/c1-4-7-18-13(17)12-8-11(14)9-16(12)15-6-5-10(2)3/h4,8-10,15H,1,5-7H2,2-3H3. The minimum absolute atomic E-state index is 0.109. The molecule has 4 nitrogen and oxygen atoms in total. The fraction of sp³-hybridized carbons (Fsp3) is 0.462. The first-order valence-corrected chi connectivity index (χ1v) is 5.94. The van der Waals surface area contributed by atoms with Crippen LogP contribution in [0.25, 0.3) is 0 Å². The molecule has 0 aliphatic carbocycles. The average molecular weight is 254 g/mol. The molecular formula is C13H19FN2O2. The lowest BCUT2D eigenvalue weighted by atomic mass is 10.1. The Kier molecular flexibility index (Phi) is 5.42. The molecule has 0 bridgehead atoms. The van der Waals surface area contributed by atoms with Crippen molar-refractivity contribution in [2.24, 2.45) is 5.92 Å². The van der Waals surface area contributed by atoms with Gasteiger partial charge in [-0.2, -0.15) is 0 Å². The Balaban J connectivity index is 2.66. The van der Waals surface area contributed by atoms with Gasteiger partial charge in [-0.25, -0.2) is 9.18 Å². The van der Waals surface area contributed by atoms with Gasteiger partial charge < -0.3 is 10.2 Å². The van der Waals surface area contributed by atoms with E-state index in [1.807, 2.05) is 0 Å². The number of carbonyl (C=O) groups excluding carboxylic acids is 1. The highest BCUT2D eigenvalue weighted by atomic mass is 19.1. The summed E-state index contributed by atoms with van der Waals surface area (Å²) in [5, 5.41) is 0. The summed E-state index contributed by atoms with van der Waals surface area (Å²) >= 11 is 0. The summed E-state index contributed by atoms with van der Waals surface area (Å²) < 4.78 is 19.4. The number of ether oxygens (including phenoxy) is 1. The van der Waals surface area contributed by atoms with E-state index in [1.54, 1.807) is 0 Å². The molecule has 0 unspecified atom stereocenters. The van der Waals surface area contributed by atoms with Crippen molar-refractivity contribution in [1.82, 2.24) is 4.68 Å². The molecule has 0 amide bonds. The molecule has 0 spiro atoms. The van der Waals surface area contributed by atoms with Crippen LogP contribution in [0.1, 0.15) is 30.8 Å². The summed E-state index contributed by atoms with van der Waals surface area (Å²) in [5.41, 5.74) is 3.12. The zero-order valence-electron chi connectivity index (χ0n) is 10.8. The van der Waals surface area contributed by atoms with Crippen LogP contribution in [0.5, 0.6) is 0 Å². The van der Waals surface area contributed by atoms with E-state index < -0.39 is 11.8 Å². The van der Waals surface area contributed by atoms with Crippen molar-refractivity contribution in [2.45, 2.75) is 20.3 Å². The maximum atomic E-state index is 13.2. The van der Waals surface area contributed by atoms with Gasteiger partial charge in [0.2, 0.25) is 0 Å². The van der Waals surface area contributed by atoms with E-state index in [0.29, 0.717) is 12.5 Å². The van der Waals surface area contributed by atoms with Crippen LogP contribution in [0, 0.1) is 11.7 Å². The molecule has 1 N–H and O–H groups in total. The Hall–Kier alpha value is -1.78. The third kappa shape index (κ3) is 4.24. The number of hydrogen-bond acceptors (Lipinski definition) is 3. The van der Waals surface area contributed by atoms with Crippen LogP contribution in [-0.4, -0.2) is 23.8 Å². The molecule has 1 rings (SSSR count). The molecular weight excluding hydrogens is 235 g/mol. The SMILES string of the molecule is C=CCOC(=O)c1cc(F)cn1NCCC(C)C. The van der Waals surface area contributed by atoms with E-state index in [-0.39, 0.29) is 12.3 Å². The minimum Gasteiger partial charge on any atom is -0.457 e. The molecule has 0 aliphatic rings. The van der Waals surface area contributed by atoms with Gasteiger partial charge in [-0.15, -0.1) is 0 Å². The van der Waals surface area contributed by atoms with Crippen LogP contribution in [0.3, 0.4) is 0 Å². The quantitative estimate of drug-likeness (QED) is 0.600. The van der Waals surface area contributed by atoms with Gasteiger partial charge in [-0.05, 0) is 12.3 Å². The number of nitrogens with one attached hydrogen (secondary N) is 1. The molecule has 1 heterocycles. The van der Waals surface area contributed by atoms with Crippen LogP contribution in [0.15, 0.2) is 24.9 Å². The second-order valence-corrected chi connectivity index (χ2v) is 4.39. The van der Waals surface area contributed by atoms with Gasteiger partial charge in [0.15, 0.2) is 5.69 Å². The number of carbonyl (C=O) groups is 1. The maximum absolute atomic E-state index is 13.2. The Labute approximate surface area is 106 Å². The second kappa shape index (κ2) is 6.83. The van der Waals surface area contributed by atoms with E-state index in [9.17, 15) is 9.18 Å². The Bertz CT molecular complexity index is 413. The predicted molar refractivity (Wildman–Crippen MR) is 68.6 cm³/mol. The van der Waals surface area contributed by atoms with Gasteiger partial charge in [0.1, 0.15) is 12.4 Å². The normalized spacial score (nSPS) is 10.4. The first-order valence-electron chi connectivity index (χ1n) is 5.94. The smallest absolute Gasteiger partial charge is 0.357 e. The number of nitrogens with zero attached hydrogens (tertiary/aromatic N) is 1. The van der Waals surface area contributed by atoms with E-state index in [4.69, 9.17) is 4.74 Å². The monoisotopic (exact) mass is 254 g/mol. The zero-order valence-corrected chi connectivity index (χ0v) is 10.8. The van der Waals surface area contributed by atoms with Crippen molar-refractivity contribution < 1.29 is 13.9 Å². The van der Waals surface area contributed by atoms with Crippen LogP contribution < -0.4 is 5.43 Å². The second-order valence-electron chi connectivity index (χ2n) is 4.39. The summed E-state index contributed by atoms with van der Waals surface area (Å²) in [6.45, 7) is 8.41. The van der Waals surface area contributed by atoms with E-state index in [1.165, 1.54) is 16.9 Å². The Morgan fingerprint density at radius 1 is 1.67 bits per heavy atom. The summed E-state index contributed by atoms with van der Waals surface area (Å²) in [6.07, 6.45) is 3.62. The molecule has 0 saturated carbocycles. The first-order chi connectivity index (χ1) is 8.54. The molecule has 1 aromatic rings. The van der Waals surface area contributed by atoms with Crippen molar-refractivity contribution >= 4 is 5.97 Å². The average Bonchev–Trinajstić information content (AvgIpc) is 2.67. The van der Waals surface area contributed by atoms with Gasteiger partial charge in [-0.1, -0.05) is 26.5 Å². The predicted octanol–water partition coefficient (Wildman–Crippen LogP) is 2.56. The van der Waals surface area contributed by atoms with Gasteiger partial charge in [0.25, 0.3) is 0 Å². The molecule has 0 saturated heterocycles. The van der Waals surface area contributed by atoms with Crippen LogP contribution in [0.4, 0.5) is 4.39 Å². The van der Waals surface area contributed by atoms with Gasteiger partial charge in [-0.3, -0.25) is 4.68 Å². The van der Waals surface area contributed by atoms with Crippen LogP contribution in [-0.2, 0) is 4.74 Å². The topological polar surface area (TPSA) is 43.3 Å². The third-order valence-electron chi connectivity index (χ3n) is 2.33. The zero-order chi connectivity index (χ0) is 13.5. The van der Waals surface area contributed by atoms with Gasteiger partial charge in [0, 0.05) is 12.6 Å². The summed E-state index contributed by atoms with van der Waals surface area (Å²) in [7, 11) is 0. The lowest BCUT2D eigenvalue weighted by Crippen LogP contribution is -2.22. The fourth-order valence-electron chi connectivity index (χ4n) is 1.40. The van der Waals surface area contributed by atoms with Crippen molar-refractivity contribution in [3.05, 3.63) is 36.4 Å². The molecule has 1 aromatic heterocycles. The molecule has 100 valence electrons. The number of rotatable bonds is 7. The highest BCUT2D eigenvalue weighted by Crippen LogP contribution is 2.08. The lowest BCUT2D eigenvalue weighted by Gasteiger charge is -2.12. The summed E-state index contributed by atoms with van der Waals surface area (Å²) in [6, 6.07) is 1.15. The van der Waals surface area contributed by atoms with Crippen LogP contribution in [0.2, 0.25) is 0 Å². The number of hydrogen-bond donors (Lipinski definition) is 1. The van der Waals surface area contributed by atoms with Crippen molar-refractivity contribution in [3.63, 3.8) is 0 Å². The van der Waals surface area contributed by atoms with Gasteiger partial charge in [0.05, 0.1) is 6.20 Å². The molecule has 0 aromatic carbocycles. The molecule has 0 aliphatic heterocycles. The van der Waals surface area contributed by atoms with Crippen molar-refractivity contribution in [1.29, 1.82) is 0 Å².